The molecule has 0 unspecified atom stereocenters. The molecular weight excluding hydrogens is 1600 g/mol. The van der Waals surface area contributed by atoms with Crippen molar-refractivity contribution in [1.82, 2.24) is 73.3 Å². The van der Waals surface area contributed by atoms with Gasteiger partial charge in [-0.1, -0.05) is 86.6 Å². The van der Waals surface area contributed by atoms with Crippen molar-refractivity contribution in [1.29, 1.82) is 5.41 Å². The fourth-order valence-electron chi connectivity index (χ4n) is 13.9. The summed E-state index contributed by atoms with van der Waals surface area (Å²) in [6.07, 6.45) is -2.61. The summed E-state index contributed by atoms with van der Waals surface area (Å²) in [7, 11) is 0. The summed E-state index contributed by atoms with van der Waals surface area (Å²) in [6.45, 7) is 2.05. The summed E-state index contributed by atoms with van der Waals surface area (Å²) in [5, 5.41) is 105. The number of nitrogens with zero attached hydrogens (tertiary/aromatic N) is 2. The lowest BCUT2D eigenvalue weighted by molar-refractivity contribution is -0.148. The third-order valence-electron chi connectivity index (χ3n) is 20.2. The zero-order valence-electron chi connectivity index (χ0n) is 66.5. The Morgan fingerprint density at radius 3 is 1.43 bits per heavy atom. The number of para-hydroxylation sites is 1. The zero-order chi connectivity index (χ0) is 88.7. The number of benzene rings is 4. The number of fused-ring (bicyclic) bond motifs is 1. The van der Waals surface area contributed by atoms with Gasteiger partial charge in [0.25, 0.3) is 0 Å². The van der Waals surface area contributed by atoms with E-state index in [0.29, 0.717) is 33.2 Å². The molecule has 121 heavy (non-hydrogen) atoms. The average Bonchev–Trinajstić information content (AvgIpc) is 1.67. The number of phenolic OH excluding ortho intramolecular Hbond substituents is 2. The lowest BCUT2D eigenvalue weighted by Crippen LogP contribution is -2.61. The van der Waals surface area contributed by atoms with E-state index in [1.54, 1.807) is 74.6 Å². The Labute approximate surface area is 699 Å². The number of hydrogen-bond donors (Lipinski definition) is 23. The van der Waals surface area contributed by atoms with Gasteiger partial charge in [0.05, 0.1) is 19.1 Å². The second-order valence-electron chi connectivity index (χ2n) is 29.9. The third kappa shape index (κ3) is 29.5. The number of carboxylic acid groups (broad SMARTS) is 4. The lowest BCUT2D eigenvalue weighted by atomic mass is 10.0. The van der Waals surface area contributed by atoms with Gasteiger partial charge in [-0.2, -0.15) is 12.6 Å². The van der Waals surface area contributed by atoms with Crippen LogP contribution in [0, 0.1) is 11.3 Å². The molecule has 40 nitrogen and oxygen atoms in total. The Morgan fingerprint density at radius 2 is 0.917 bits per heavy atom. The fraction of sp³-hybridized carbons (Fsp3) is 0.463. The van der Waals surface area contributed by atoms with Gasteiger partial charge < -0.3 is 120 Å². The Balaban J connectivity index is 1.06. The molecule has 41 heteroatoms. The molecule has 0 saturated carbocycles. The van der Waals surface area contributed by atoms with Crippen LogP contribution in [0.15, 0.2) is 109 Å². The van der Waals surface area contributed by atoms with Gasteiger partial charge in [-0.25, -0.2) is 4.79 Å². The van der Waals surface area contributed by atoms with E-state index in [1.807, 2.05) is 0 Å². The van der Waals surface area contributed by atoms with E-state index < -0.39 is 230 Å². The van der Waals surface area contributed by atoms with Crippen molar-refractivity contribution in [2.24, 2.45) is 17.4 Å². The molecule has 7 rings (SSSR count). The minimum absolute atomic E-state index is 0.00655. The summed E-state index contributed by atoms with van der Waals surface area (Å²) < 4.78 is 0. The van der Waals surface area contributed by atoms with Gasteiger partial charge in [-0.15, -0.1) is 0 Å². The molecule has 4 aromatic carbocycles. The molecule has 654 valence electrons. The molecule has 2 fully saturated rings. The molecule has 5 aromatic rings. The standard InChI is InChI=1S/C80H105N17O23S/c1-42(2)33-55(70(110)88-54(27-29-65(103)104)77(117)96-31-9-16-62(96)75(115)92-58(37-46-39-85-51-14-7-6-13-49(46)51)78(118)97-32-10-17-63(97)76(116)93-59(79(119)120)38-66(105)106)89-73(113)60(40-98)94-74(114)61(41-121)95-69(109)53(26-28-64(101)102)87-71(111)56(35-44-18-22-47(99)23-19-44)91-72(112)57(36-45-20-24-48(100)25-21-45)90-68(108)52(15-8-30-84-80(82)83)86-67(107)50(81)34-43-11-4-3-5-12-43/h3-7,11-14,18-25,39,42,50,52-63,85,98-100,121H,8-10,15-17,26-38,40-41,81H2,1-2H3,(H,86,107)(H,87,111)(H,88,110)(H,89,113)(H,90,108)(H,91,112)(H,92,115)(H,93,116)(H,94,114)(H,95,109)(H,101,102)(H,103,104)(H,105,106)(H,119,120)(H4,82,83,84)/t50-,52-,53-,54-,55-,56-,57-,58-,59-,60-,61-,62-,63-/m0/s1. The van der Waals surface area contributed by atoms with Crippen molar-refractivity contribution >= 4 is 124 Å². The molecule has 1 aromatic heterocycles. The molecule has 0 spiro atoms. The first-order valence-electron chi connectivity index (χ1n) is 39.3. The number of likely N-dealkylation sites (tertiary alicyclic amines) is 2. The van der Waals surface area contributed by atoms with E-state index in [0.717, 1.165) is 9.80 Å². The average molecular weight is 1700 g/mol. The first-order chi connectivity index (χ1) is 57.5. The number of aromatic hydroxyl groups is 2. The summed E-state index contributed by atoms with van der Waals surface area (Å²) in [4.78, 5) is 226. The van der Waals surface area contributed by atoms with E-state index in [2.05, 4.69) is 76.1 Å². The molecule has 13 atom stereocenters. The minimum atomic E-state index is -1.94. The Kier molecular flexibility index (Phi) is 36.5. The summed E-state index contributed by atoms with van der Waals surface area (Å²) in [5.41, 5.74) is 14.4. The highest BCUT2D eigenvalue weighted by Gasteiger charge is 2.44. The summed E-state index contributed by atoms with van der Waals surface area (Å²) >= 11 is 4.23. The van der Waals surface area contributed by atoms with Gasteiger partial charge in [0.2, 0.25) is 70.9 Å². The molecule has 2 aliphatic rings. The highest BCUT2D eigenvalue weighted by atomic mass is 32.1. The molecule has 12 amide bonds. The number of thiol groups is 1. The van der Waals surface area contributed by atoms with Crippen LogP contribution in [0.1, 0.15) is 113 Å². The molecule has 3 heterocycles. The van der Waals surface area contributed by atoms with Gasteiger partial charge in [-0.3, -0.25) is 77.3 Å². The highest BCUT2D eigenvalue weighted by Crippen LogP contribution is 2.27. The maximum Gasteiger partial charge on any atom is 0.326 e. The van der Waals surface area contributed by atoms with Crippen LogP contribution in [-0.4, -0.2) is 262 Å². The first-order valence-corrected chi connectivity index (χ1v) is 39.9. The van der Waals surface area contributed by atoms with Crippen LogP contribution in [0.25, 0.3) is 10.9 Å². The number of aliphatic hydroxyl groups excluding tert-OH is 1. The molecule has 2 aliphatic heterocycles. The number of carboxylic acids is 4. The van der Waals surface area contributed by atoms with Crippen LogP contribution in [0.3, 0.4) is 0 Å². The topological polar surface area (TPSA) is 645 Å². The quantitative estimate of drug-likeness (QED) is 0.00830. The predicted octanol–water partition coefficient (Wildman–Crippen LogP) is -2.47. The minimum Gasteiger partial charge on any atom is -0.508 e. The third-order valence-corrected chi connectivity index (χ3v) is 20.5. The number of hydrogen-bond acceptors (Lipinski definition) is 22. The summed E-state index contributed by atoms with van der Waals surface area (Å²) in [5.74, 6) is -19.8. The first kappa shape index (κ1) is 95.2. The molecule has 24 N–H and O–H groups in total. The number of guanidine groups is 1. The number of amides is 12. The van der Waals surface area contributed by atoms with Crippen molar-refractivity contribution in [2.75, 3.05) is 32.0 Å². The number of aliphatic carboxylic acids is 4. The van der Waals surface area contributed by atoms with Crippen molar-refractivity contribution in [3.05, 3.63) is 132 Å². The van der Waals surface area contributed by atoms with Gasteiger partial charge in [-0.05, 0) is 123 Å². The number of aromatic amines is 1. The summed E-state index contributed by atoms with van der Waals surface area (Å²) in [6, 6.07) is 5.96. The Hall–Kier alpha value is -12.9. The maximum absolute atomic E-state index is 14.9. The Bertz CT molecular complexity index is 4520. The van der Waals surface area contributed by atoms with E-state index in [9.17, 15) is 112 Å². The number of aliphatic hydroxyl groups is 1. The maximum atomic E-state index is 14.9. The molecular formula is C80H105N17O23S. The van der Waals surface area contributed by atoms with Crippen molar-refractivity contribution in [3.8, 4) is 11.5 Å². The normalized spacial score (nSPS) is 16.4. The number of phenols is 2. The van der Waals surface area contributed by atoms with E-state index in [1.165, 1.54) is 48.5 Å². The number of aromatic nitrogens is 1. The molecule has 0 aliphatic carbocycles. The predicted molar refractivity (Wildman–Crippen MR) is 436 cm³/mol. The monoisotopic (exact) mass is 1700 g/mol. The van der Waals surface area contributed by atoms with Gasteiger partial charge in [0.1, 0.15) is 84.0 Å². The van der Waals surface area contributed by atoms with Crippen LogP contribution in [0.2, 0.25) is 0 Å². The number of carbonyl (C=O) groups is 16. The number of carbonyl (C=O) groups excluding carboxylic acids is 12. The van der Waals surface area contributed by atoms with Crippen LogP contribution < -0.4 is 70.0 Å². The van der Waals surface area contributed by atoms with E-state index in [4.69, 9.17) is 16.9 Å². The number of nitrogens with one attached hydrogen (secondary N) is 13. The van der Waals surface area contributed by atoms with Crippen LogP contribution in [-0.2, 0) is 102 Å². The second kappa shape index (κ2) is 46.4. The van der Waals surface area contributed by atoms with Crippen LogP contribution in [0.5, 0.6) is 11.5 Å². The van der Waals surface area contributed by atoms with E-state index in [-0.39, 0.29) is 101 Å². The van der Waals surface area contributed by atoms with Gasteiger partial charge in [0.15, 0.2) is 5.96 Å². The number of rotatable bonds is 47. The van der Waals surface area contributed by atoms with Crippen molar-refractivity contribution < 1.29 is 112 Å². The van der Waals surface area contributed by atoms with Crippen LogP contribution >= 0.6 is 12.6 Å². The highest BCUT2D eigenvalue weighted by molar-refractivity contribution is 7.80. The molecule has 2 saturated heterocycles. The fourth-order valence-corrected chi connectivity index (χ4v) is 14.1. The van der Waals surface area contributed by atoms with Crippen LogP contribution in [0.4, 0.5) is 0 Å². The number of nitrogens with two attached hydrogens (primary N) is 2. The smallest absolute Gasteiger partial charge is 0.326 e. The number of H-pyrrole nitrogens is 1. The van der Waals surface area contributed by atoms with Crippen molar-refractivity contribution in [2.45, 2.75) is 195 Å². The Morgan fingerprint density at radius 1 is 0.488 bits per heavy atom. The van der Waals surface area contributed by atoms with Crippen molar-refractivity contribution in [3.63, 3.8) is 0 Å². The second-order valence-corrected chi connectivity index (χ2v) is 30.2. The lowest BCUT2D eigenvalue weighted by Gasteiger charge is -2.32. The van der Waals surface area contributed by atoms with Gasteiger partial charge in [0, 0.05) is 74.6 Å². The largest absolute Gasteiger partial charge is 0.508 e. The molecule has 0 radical (unpaired) electrons. The van der Waals surface area contributed by atoms with Gasteiger partial charge >= 0.3 is 23.9 Å². The zero-order valence-corrected chi connectivity index (χ0v) is 67.4. The molecule has 0 bridgehead atoms. The SMILES string of the molecule is CC(C)C[C@H](NC(=O)[C@H](CO)NC(=O)[C@H](CS)NC(=O)[C@H](CCC(=O)O)NC(=O)[C@H](Cc1ccc(O)cc1)NC(=O)[C@H](Cc1ccc(O)cc1)NC(=O)[C@H](CCCNC(=N)N)NC(=O)[C@@H](N)Cc1ccccc1)C(=O)N[C@@H](CCC(=O)O)C(=O)N1CCC[C@H]1C(=O)N[C@@H](Cc1c[nH]c2ccccc12)C(=O)N1CCC[C@H]1C(=O)N[C@@H](CC(=O)O)C(=O)O. The van der Waals surface area contributed by atoms with E-state index >= 15 is 0 Å².